The first-order chi connectivity index (χ1) is 13.5. The van der Waals surface area contributed by atoms with Crippen LogP contribution in [0.25, 0.3) is 0 Å². The van der Waals surface area contributed by atoms with E-state index in [-0.39, 0.29) is 11.4 Å². The normalized spacial score (nSPS) is 20.6. The van der Waals surface area contributed by atoms with Crippen LogP contribution in [-0.2, 0) is 14.3 Å². The molecule has 0 radical (unpaired) electrons. The maximum absolute atomic E-state index is 12.8. The van der Waals surface area contributed by atoms with E-state index in [1.807, 2.05) is 0 Å². The van der Waals surface area contributed by atoms with E-state index in [0.29, 0.717) is 43.4 Å². The predicted octanol–water partition coefficient (Wildman–Crippen LogP) is 1.32. The number of morpholine rings is 1. The summed E-state index contributed by atoms with van der Waals surface area (Å²) in [6.07, 6.45) is 0. The molecule has 1 aromatic carbocycles. The fourth-order valence-corrected chi connectivity index (χ4v) is 3.69. The molecule has 0 aromatic heterocycles. The summed E-state index contributed by atoms with van der Waals surface area (Å²) in [5.74, 6) is -0.286. The van der Waals surface area contributed by atoms with E-state index in [1.54, 1.807) is 25.3 Å². The molecule has 1 N–H and O–H groups in total. The quantitative estimate of drug-likeness (QED) is 0.751. The van der Waals surface area contributed by atoms with E-state index in [4.69, 9.17) is 14.2 Å². The monoisotopic (exact) mass is 390 g/mol. The molecule has 0 saturated carbocycles. The van der Waals surface area contributed by atoms with Gasteiger partial charge in [0.1, 0.15) is 11.5 Å². The Morgan fingerprint density at radius 3 is 2.54 bits per heavy atom. The van der Waals surface area contributed by atoms with Crippen molar-refractivity contribution in [2.75, 3.05) is 53.6 Å². The maximum Gasteiger partial charge on any atom is 0.290 e. The molecule has 8 heteroatoms. The summed E-state index contributed by atoms with van der Waals surface area (Å²) in [7, 11) is 3.07. The minimum absolute atomic E-state index is 0.0930. The van der Waals surface area contributed by atoms with Crippen molar-refractivity contribution in [2.24, 2.45) is 0 Å². The zero-order chi connectivity index (χ0) is 20.3. The Morgan fingerprint density at radius 1 is 1.21 bits per heavy atom. The van der Waals surface area contributed by atoms with E-state index in [1.165, 1.54) is 18.9 Å². The number of methoxy groups -OCH3 is 2. The van der Waals surface area contributed by atoms with Gasteiger partial charge in [0, 0.05) is 37.8 Å². The first kappa shape index (κ1) is 20.2. The maximum atomic E-state index is 12.8. The summed E-state index contributed by atoms with van der Waals surface area (Å²) in [4.78, 5) is 28.8. The summed E-state index contributed by atoms with van der Waals surface area (Å²) in [6.45, 7) is 5.25. The average molecular weight is 390 g/mol. The number of aliphatic hydroxyl groups is 1. The van der Waals surface area contributed by atoms with Crippen LogP contribution >= 0.6 is 0 Å². The van der Waals surface area contributed by atoms with Crippen LogP contribution in [0, 0.1) is 0 Å². The molecule has 1 amide bonds. The molecule has 28 heavy (non-hydrogen) atoms. The minimum atomic E-state index is -0.702. The highest BCUT2D eigenvalue weighted by Crippen LogP contribution is 2.42. The number of hydrogen-bond donors (Lipinski definition) is 1. The summed E-state index contributed by atoms with van der Waals surface area (Å²) in [5.41, 5.74) is 0.725. The molecule has 2 aliphatic heterocycles. The molecule has 1 unspecified atom stereocenters. The molecule has 1 atom stereocenters. The van der Waals surface area contributed by atoms with Gasteiger partial charge in [-0.25, -0.2) is 0 Å². The van der Waals surface area contributed by atoms with Crippen molar-refractivity contribution >= 4 is 11.7 Å². The van der Waals surface area contributed by atoms with Crippen molar-refractivity contribution in [1.29, 1.82) is 0 Å². The fraction of sp³-hybridized carbons (Fsp3) is 0.500. The summed E-state index contributed by atoms with van der Waals surface area (Å²) < 4.78 is 16.1. The van der Waals surface area contributed by atoms with Crippen LogP contribution in [0.5, 0.6) is 11.5 Å². The number of ether oxygens (including phenoxy) is 3. The molecular formula is C20H26N2O6. The van der Waals surface area contributed by atoms with Crippen molar-refractivity contribution in [3.8, 4) is 11.5 Å². The number of carbonyl (C=O) groups is 2. The second kappa shape index (κ2) is 8.62. The van der Waals surface area contributed by atoms with Gasteiger partial charge >= 0.3 is 0 Å². The van der Waals surface area contributed by atoms with Crippen LogP contribution in [0.4, 0.5) is 0 Å². The molecule has 0 aliphatic carbocycles. The van der Waals surface area contributed by atoms with Crippen LogP contribution in [0.2, 0.25) is 0 Å². The third-order valence-corrected chi connectivity index (χ3v) is 5.18. The lowest BCUT2D eigenvalue weighted by Crippen LogP contribution is -2.43. The van der Waals surface area contributed by atoms with Crippen LogP contribution in [-0.4, -0.2) is 80.2 Å². The zero-order valence-electron chi connectivity index (χ0n) is 16.4. The Morgan fingerprint density at radius 2 is 1.93 bits per heavy atom. The Kier molecular flexibility index (Phi) is 6.21. The smallest absolute Gasteiger partial charge is 0.290 e. The molecule has 0 spiro atoms. The van der Waals surface area contributed by atoms with Crippen molar-refractivity contribution in [3.63, 3.8) is 0 Å². The molecule has 0 bridgehead atoms. The van der Waals surface area contributed by atoms with E-state index < -0.39 is 17.7 Å². The average Bonchev–Trinajstić information content (AvgIpc) is 2.97. The number of carbonyl (C=O) groups excluding carboxylic acids is 2. The van der Waals surface area contributed by atoms with Gasteiger partial charge in [0.15, 0.2) is 11.5 Å². The van der Waals surface area contributed by atoms with E-state index in [0.717, 1.165) is 13.1 Å². The zero-order valence-corrected chi connectivity index (χ0v) is 16.4. The van der Waals surface area contributed by atoms with E-state index in [9.17, 15) is 14.7 Å². The number of hydrogen-bond acceptors (Lipinski definition) is 7. The molecule has 1 saturated heterocycles. The number of ketones is 1. The van der Waals surface area contributed by atoms with Gasteiger partial charge in [-0.2, -0.15) is 0 Å². The highest BCUT2D eigenvalue weighted by atomic mass is 16.5. The highest BCUT2D eigenvalue weighted by Gasteiger charge is 2.43. The SMILES string of the molecule is COc1ccc(C2C(C(C)=O)=C(O)C(=O)N2CCN2CCOCC2)c(OC)c1. The largest absolute Gasteiger partial charge is 0.503 e. The van der Waals surface area contributed by atoms with Crippen LogP contribution in [0.15, 0.2) is 29.5 Å². The molecule has 2 aliphatic rings. The third-order valence-electron chi connectivity index (χ3n) is 5.18. The van der Waals surface area contributed by atoms with E-state index in [2.05, 4.69) is 4.90 Å². The lowest BCUT2D eigenvalue weighted by molar-refractivity contribution is -0.129. The van der Waals surface area contributed by atoms with Gasteiger partial charge in [-0.3, -0.25) is 14.5 Å². The van der Waals surface area contributed by atoms with Gasteiger partial charge in [-0.1, -0.05) is 0 Å². The third kappa shape index (κ3) is 3.83. The lowest BCUT2D eigenvalue weighted by atomic mass is 9.95. The van der Waals surface area contributed by atoms with Gasteiger partial charge in [0.25, 0.3) is 5.91 Å². The Balaban J connectivity index is 1.94. The summed E-state index contributed by atoms with van der Waals surface area (Å²) >= 11 is 0. The Hall–Kier alpha value is -2.58. The van der Waals surface area contributed by atoms with Crippen LogP contribution in [0.1, 0.15) is 18.5 Å². The summed E-state index contributed by atoms with van der Waals surface area (Å²) in [5, 5.41) is 10.4. The molecular weight excluding hydrogens is 364 g/mol. The standard InChI is InChI=1S/C20H26N2O6/c1-13(23)17-18(15-5-4-14(26-2)12-16(15)27-3)22(20(25)19(17)24)7-6-21-8-10-28-11-9-21/h4-5,12,18,24H,6-11H2,1-3H3. The van der Waals surface area contributed by atoms with Gasteiger partial charge in [-0.05, 0) is 19.1 Å². The fourth-order valence-electron chi connectivity index (χ4n) is 3.69. The topological polar surface area (TPSA) is 88.5 Å². The second-order valence-corrected chi connectivity index (χ2v) is 6.78. The molecule has 1 aromatic rings. The van der Waals surface area contributed by atoms with Gasteiger partial charge in [0.05, 0.1) is 39.0 Å². The van der Waals surface area contributed by atoms with Crippen molar-refractivity contribution in [1.82, 2.24) is 9.80 Å². The summed E-state index contributed by atoms with van der Waals surface area (Å²) in [6, 6.07) is 4.51. The van der Waals surface area contributed by atoms with E-state index >= 15 is 0 Å². The number of benzene rings is 1. The number of nitrogens with zero attached hydrogens (tertiary/aromatic N) is 2. The van der Waals surface area contributed by atoms with Crippen LogP contribution < -0.4 is 9.47 Å². The second-order valence-electron chi connectivity index (χ2n) is 6.78. The van der Waals surface area contributed by atoms with Crippen molar-refractivity contribution in [3.05, 3.63) is 35.1 Å². The molecule has 3 rings (SSSR count). The minimum Gasteiger partial charge on any atom is -0.503 e. The Bertz CT molecular complexity index is 785. The van der Waals surface area contributed by atoms with Gasteiger partial charge in [-0.15, -0.1) is 0 Å². The first-order valence-corrected chi connectivity index (χ1v) is 9.25. The lowest BCUT2D eigenvalue weighted by Gasteiger charge is -2.32. The first-order valence-electron chi connectivity index (χ1n) is 9.25. The Labute approximate surface area is 164 Å². The highest BCUT2D eigenvalue weighted by molar-refractivity contribution is 6.08. The number of amides is 1. The van der Waals surface area contributed by atoms with Crippen LogP contribution in [0.3, 0.4) is 0 Å². The molecule has 8 nitrogen and oxygen atoms in total. The molecule has 152 valence electrons. The van der Waals surface area contributed by atoms with Crippen molar-refractivity contribution < 1.29 is 28.9 Å². The number of aliphatic hydroxyl groups excluding tert-OH is 1. The number of Topliss-reactive ketones (excluding diaryl/α,β-unsaturated/α-hetero) is 1. The number of rotatable bonds is 7. The predicted molar refractivity (Wildman–Crippen MR) is 102 cm³/mol. The van der Waals surface area contributed by atoms with Gasteiger partial charge in [0.2, 0.25) is 0 Å². The van der Waals surface area contributed by atoms with Crippen molar-refractivity contribution in [2.45, 2.75) is 13.0 Å². The van der Waals surface area contributed by atoms with Gasteiger partial charge < -0.3 is 24.2 Å². The molecule has 2 heterocycles. The molecule has 1 fully saturated rings.